The van der Waals surface area contributed by atoms with E-state index in [0.717, 1.165) is 25.7 Å². The van der Waals surface area contributed by atoms with Crippen molar-refractivity contribution < 1.29 is 14.3 Å². The fourth-order valence-electron chi connectivity index (χ4n) is 1.86. The third-order valence-corrected chi connectivity index (χ3v) is 3.03. The number of halogens is 1. The summed E-state index contributed by atoms with van der Waals surface area (Å²) in [6, 6.07) is 5.03. The fourth-order valence-corrected chi connectivity index (χ4v) is 2.04. The molecular formula is C13H15ClO3. The van der Waals surface area contributed by atoms with E-state index in [2.05, 4.69) is 0 Å². The highest BCUT2D eigenvalue weighted by atomic mass is 35.5. The normalized spacial score (nSPS) is 19.9. The molecule has 0 bridgehead atoms. The standard InChI is InChI=1S/C13H15ClO3/c14-11-4-5-13(10(7-11)8-15)17-9-12-3-1-2-6-16-12/h4-5,7-8,12H,1-3,6,9H2. The van der Waals surface area contributed by atoms with Crippen LogP contribution in [0.2, 0.25) is 5.02 Å². The Hall–Kier alpha value is -1.06. The van der Waals surface area contributed by atoms with E-state index < -0.39 is 0 Å². The SMILES string of the molecule is O=Cc1cc(Cl)ccc1OCC1CCCCO1. The second-order valence-electron chi connectivity index (χ2n) is 4.10. The summed E-state index contributed by atoms with van der Waals surface area (Å²) < 4.78 is 11.2. The number of hydrogen-bond acceptors (Lipinski definition) is 3. The van der Waals surface area contributed by atoms with Crippen LogP contribution in [0.25, 0.3) is 0 Å². The van der Waals surface area contributed by atoms with Crippen molar-refractivity contribution in [2.75, 3.05) is 13.2 Å². The van der Waals surface area contributed by atoms with Crippen LogP contribution in [0.5, 0.6) is 5.75 Å². The van der Waals surface area contributed by atoms with Gasteiger partial charge in [-0.2, -0.15) is 0 Å². The number of benzene rings is 1. The lowest BCUT2D eigenvalue weighted by atomic mass is 10.1. The predicted molar refractivity (Wildman–Crippen MR) is 65.9 cm³/mol. The molecular weight excluding hydrogens is 240 g/mol. The maximum atomic E-state index is 10.9. The molecule has 1 aromatic rings. The highest BCUT2D eigenvalue weighted by Gasteiger charge is 2.15. The minimum Gasteiger partial charge on any atom is -0.490 e. The van der Waals surface area contributed by atoms with Crippen LogP contribution in [0.3, 0.4) is 0 Å². The first-order valence-corrected chi connectivity index (χ1v) is 6.16. The van der Waals surface area contributed by atoms with Crippen LogP contribution in [-0.2, 0) is 4.74 Å². The quantitative estimate of drug-likeness (QED) is 0.775. The molecule has 92 valence electrons. The van der Waals surface area contributed by atoms with Crippen molar-refractivity contribution >= 4 is 17.9 Å². The van der Waals surface area contributed by atoms with E-state index >= 15 is 0 Å². The molecule has 0 radical (unpaired) electrons. The summed E-state index contributed by atoms with van der Waals surface area (Å²) >= 11 is 5.81. The zero-order valence-electron chi connectivity index (χ0n) is 9.52. The summed E-state index contributed by atoms with van der Waals surface area (Å²) in [7, 11) is 0. The van der Waals surface area contributed by atoms with Gasteiger partial charge in [-0.15, -0.1) is 0 Å². The second kappa shape index (κ2) is 6.03. The van der Waals surface area contributed by atoms with Crippen LogP contribution < -0.4 is 4.74 Å². The third-order valence-electron chi connectivity index (χ3n) is 2.80. The molecule has 1 heterocycles. The third kappa shape index (κ3) is 3.45. The maximum Gasteiger partial charge on any atom is 0.153 e. The van der Waals surface area contributed by atoms with Crippen LogP contribution in [0.1, 0.15) is 29.6 Å². The van der Waals surface area contributed by atoms with Gasteiger partial charge in [0.15, 0.2) is 6.29 Å². The lowest BCUT2D eigenvalue weighted by Crippen LogP contribution is -2.26. The van der Waals surface area contributed by atoms with Crippen molar-refractivity contribution in [2.45, 2.75) is 25.4 Å². The van der Waals surface area contributed by atoms with Gasteiger partial charge >= 0.3 is 0 Å². The van der Waals surface area contributed by atoms with Crippen LogP contribution >= 0.6 is 11.6 Å². The van der Waals surface area contributed by atoms with Crippen LogP contribution in [0.15, 0.2) is 18.2 Å². The van der Waals surface area contributed by atoms with E-state index in [1.165, 1.54) is 6.42 Å². The highest BCUT2D eigenvalue weighted by molar-refractivity contribution is 6.30. The van der Waals surface area contributed by atoms with Crippen LogP contribution in [-0.4, -0.2) is 25.6 Å². The molecule has 0 amide bonds. The molecule has 1 aromatic carbocycles. The number of aldehydes is 1. The molecule has 4 heteroatoms. The topological polar surface area (TPSA) is 35.5 Å². The van der Waals surface area contributed by atoms with Gasteiger partial charge in [0.25, 0.3) is 0 Å². The molecule has 0 N–H and O–H groups in total. The Morgan fingerprint density at radius 1 is 1.47 bits per heavy atom. The Bertz CT molecular complexity index is 386. The van der Waals surface area contributed by atoms with E-state index in [0.29, 0.717) is 22.9 Å². The van der Waals surface area contributed by atoms with Crippen molar-refractivity contribution in [3.8, 4) is 5.75 Å². The van der Waals surface area contributed by atoms with E-state index in [1.54, 1.807) is 18.2 Å². The monoisotopic (exact) mass is 254 g/mol. The molecule has 1 aliphatic rings. The summed E-state index contributed by atoms with van der Waals surface area (Å²) in [6.07, 6.45) is 4.21. The summed E-state index contributed by atoms with van der Waals surface area (Å²) in [5.41, 5.74) is 0.480. The van der Waals surface area contributed by atoms with E-state index in [4.69, 9.17) is 21.1 Å². The Labute approximate surface area is 106 Å². The van der Waals surface area contributed by atoms with Gasteiger partial charge in [-0.05, 0) is 37.5 Å². The Morgan fingerprint density at radius 3 is 3.06 bits per heavy atom. The van der Waals surface area contributed by atoms with Gasteiger partial charge in [-0.1, -0.05) is 11.6 Å². The summed E-state index contributed by atoms with van der Waals surface area (Å²) in [6.45, 7) is 1.29. The minimum absolute atomic E-state index is 0.138. The number of carbonyl (C=O) groups is 1. The first-order chi connectivity index (χ1) is 8.29. The molecule has 1 aliphatic heterocycles. The van der Waals surface area contributed by atoms with Gasteiger partial charge in [-0.3, -0.25) is 4.79 Å². The summed E-state index contributed by atoms with van der Waals surface area (Å²) in [4.78, 5) is 10.9. The van der Waals surface area contributed by atoms with Gasteiger partial charge in [0.1, 0.15) is 12.4 Å². The van der Waals surface area contributed by atoms with E-state index in [-0.39, 0.29) is 6.10 Å². The van der Waals surface area contributed by atoms with Gasteiger partial charge in [0.05, 0.1) is 11.7 Å². The lowest BCUT2D eigenvalue weighted by Gasteiger charge is -2.22. The number of ether oxygens (including phenoxy) is 2. The van der Waals surface area contributed by atoms with Gasteiger partial charge in [-0.25, -0.2) is 0 Å². The maximum absolute atomic E-state index is 10.9. The van der Waals surface area contributed by atoms with Crippen LogP contribution in [0, 0.1) is 0 Å². The fraction of sp³-hybridized carbons (Fsp3) is 0.462. The van der Waals surface area contributed by atoms with E-state index in [1.807, 2.05) is 0 Å². The molecule has 0 aliphatic carbocycles. The molecule has 1 unspecified atom stereocenters. The first-order valence-electron chi connectivity index (χ1n) is 5.79. The summed E-state index contributed by atoms with van der Waals surface area (Å²) in [5.74, 6) is 0.568. The van der Waals surface area contributed by atoms with Crippen molar-refractivity contribution in [3.63, 3.8) is 0 Å². The second-order valence-corrected chi connectivity index (χ2v) is 4.54. The van der Waals surface area contributed by atoms with Gasteiger partial charge in [0.2, 0.25) is 0 Å². The zero-order valence-corrected chi connectivity index (χ0v) is 10.3. The predicted octanol–water partition coefficient (Wildman–Crippen LogP) is 3.10. The molecule has 1 atom stereocenters. The summed E-state index contributed by atoms with van der Waals surface area (Å²) in [5, 5.41) is 0.536. The molecule has 2 rings (SSSR count). The number of carbonyl (C=O) groups excluding carboxylic acids is 1. The number of hydrogen-bond donors (Lipinski definition) is 0. The molecule has 1 saturated heterocycles. The number of rotatable bonds is 4. The van der Waals surface area contributed by atoms with Gasteiger partial charge < -0.3 is 9.47 Å². The molecule has 17 heavy (non-hydrogen) atoms. The smallest absolute Gasteiger partial charge is 0.153 e. The molecule has 0 aromatic heterocycles. The Morgan fingerprint density at radius 2 is 2.35 bits per heavy atom. The molecule has 1 fully saturated rings. The van der Waals surface area contributed by atoms with Gasteiger partial charge in [0, 0.05) is 11.6 Å². The highest BCUT2D eigenvalue weighted by Crippen LogP contribution is 2.22. The molecule has 0 spiro atoms. The Kier molecular flexibility index (Phi) is 4.40. The average Bonchev–Trinajstić information content (AvgIpc) is 2.38. The minimum atomic E-state index is 0.138. The molecule has 0 saturated carbocycles. The molecule has 3 nitrogen and oxygen atoms in total. The van der Waals surface area contributed by atoms with Crippen molar-refractivity contribution in [3.05, 3.63) is 28.8 Å². The lowest BCUT2D eigenvalue weighted by molar-refractivity contribution is -0.0111. The van der Waals surface area contributed by atoms with E-state index in [9.17, 15) is 4.79 Å². The largest absolute Gasteiger partial charge is 0.490 e. The zero-order chi connectivity index (χ0) is 12.1. The van der Waals surface area contributed by atoms with Crippen LogP contribution in [0.4, 0.5) is 0 Å². The van der Waals surface area contributed by atoms with Crippen molar-refractivity contribution in [1.29, 1.82) is 0 Å². The van der Waals surface area contributed by atoms with Crippen molar-refractivity contribution in [1.82, 2.24) is 0 Å². The Balaban J connectivity index is 1.95. The average molecular weight is 255 g/mol. The first kappa shape index (κ1) is 12.4. The van der Waals surface area contributed by atoms with Crippen molar-refractivity contribution in [2.24, 2.45) is 0 Å².